The second-order valence-electron chi connectivity index (χ2n) is 6.17. The molecule has 2 aromatic rings. The van der Waals surface area contributed by atoms with Gasteiger partial charge in [0.2, 0.25) is 5.91 Å². The van der Waals surface area contributed by atoms with Gasteiger partial charge in [0, 0.05) is 12.7 Å². The Balaban J connectivity index is 1.50. The average molecular weight is 370 g/mol. The Morgan fingerprint density at radius 3 is 2.81 bits per heavy atom. The van der Waals surface area contributed by atoms with Crippen LogP contribution in [-0.4, -0.2) is 40.3 Å². The SMILES string of the molecule is O=C(C[C@H]1NC(=O)N(CCc2cccc(F)c2)C1=O)NCc1ccccn1. The smallest absolute Gasteiger partial charge is 0.324 e. The molecule has 0 bridgehead atoms. The fourth-order valence-corrected chi connectivity index (χ4v) is 2.81. The third-order valence-corrected chi connectivity index (χ3v) is 4.20. The number of halogens is 1. The first-order valence-electron chi connectivity index (χ1n) is 8.56. The maximum absolute atomic E-state index is 13.2. The lowest BCUT2D eigenvalue weighted by Crippen LogP contribution is -2.36. The summed E-state index contributed by atoms with van der Waals surface area (Å²) in [5.41, 5.74) is 1.39. The fraction of sp³-hybridized carbons (Fsp3) is 0.263. The Hall–Kier alpha value is -3.29. The lowest BCUT2D eigenvalue weighted by molar-refractivity contribution is -0.130. The molecule has 1 aliphatic rings. The third kappa shape index (κ3) is 4.87. The lowest BCUT2D eigenvalue weighted by atomic mass is 10.1. The van der Waals surface area contributed by atoms with E-state index in [-0.39, 0.29) is 31.2 Å². The Morgan fingerprint density at radius 2 is 2.07 bits per heavy atom. The van der Waals surface area contributed by atoms with Crippen molar-refractivity contribution < 1.29 is 18.8 Å². The number of imide groups is 1. The molecule has 8 heteroatoms. The summed E-state index contributed by atoms with van der Waals surface area (Å²) < 4.78 is 13.2. The second kappa shape index (κ2) is 8.39. The van der Waals surface area contributed by atoms with Gasteiger partial charge in [-0.05, 0) is 36.2 Å². The summed E-state index contributed by atoms with van der Waals surface area (Å²) in [4.78, 5) is 41.6. The van der Waals surface area contributed by atoms with Crippen molar-refractivity contribution in [1.29, 1.82) is 0 Å². The van der Waals surface area contributed by atoms with E-state index >= 15 is 0 Å². The van der Waals surface area contributed by atoms with Crippen molar-refractivity contribution in [3.63, 3.8) is 0 Å². The minimum absolute atomic E-state index is 0.125. The minimum Gasteiger partial charge on any atom is -0.350 e. The van der Waals surface area contributed by atoms with Crippen LogP contribution in [-0.2, 0) is 22.6 Å². The molecule has 1 saturated heterocycles. The largest absolute Gasteiger partial charge is 0.350 e. The molecule has 2 heterocycles. The normalized spacial score (nSPS) is 16.3. The van der Waals surface area contributed by atoms with E-state index in [9.17, 15) is 18.8 Å². The van der Waals surface area contributed by atoms with Crippen molar-refractivity contribution in [2.75, 3.05) is 6.54 Å². The van der Waals surface area contributed by atoms with Gasteiger partial charge in [-0.15, -0.1) is 0 Å². The fourth-order valence-electron chi connectivity index (χ4n) is 2.81. The van der Waals surface area contributed by atoms with Gasteiger partial charge in [0.25, 0.3) is 5.91 Å². The van der Waals surface area contributed by atoms with Crippen LogP contribution in [0, 0.1) is 5.82 Å². The first kappa shape index (κ1) is 18.5. The summed E-state index contributed by atoms with van der Waals surface area (Å²) in [6.07, 6.45) is 1.82. The van der Waals surface area contributed by atoms with Crippen molar-refractivity contribution in [1.82, 2.24) is 20.5 Å². The van der Waals surface area contributed by atoms with E-state index in [2.05, 4.69) is 15.6 Å². The van der Waals surface area contributed by atoms with Gasteiger partial charge >= 0.3 is 6.03 Å². The van der Waals surface area contributed by atoms with Crippen molar-refractivity contribution >= 4 is 17.8 Å². The molecule has 0 spiro atoms. The number of hydrogen-bond acceptors (Lipinski definition) is 4. The van der Waals surface area contributed by atoms with E-state index < -0.39 is 18.0 Å². The van der Waals surface area contributed by atoms with Crippen LogP contribution in [0.15, 0.2) is 48.7 Å². The molecule has 140 valence electrons. The Bertz CT molecular complexity index is 844. The molecule has 1 aromatic heterocycles. The number of nitrogens with zero attached hydrogens (tertiary/aromatic N) is 2. The molecule has 2 N–H and O–H groups in total. The summed E-state index contributed by atoms with van der Waals surface area (Å²) >= 11 is 0. The highest BCUT2D eigenvalue weighted by atomic mass is 19.1. The number of amides is 4. The molecule has 1 aromatic carbocycles. The number of rotatable bonds is 7. The molecule has 4 amide bonds. The Labute approximate surface area is 155 Å². The molecule has 7 nitrogen and oxygen atoms in total. The van der Waals surface area contributed by atoms with Gasteiger partial charge in [0.15, 0.2) is 0 Å². The number of hydrogen-bond donors (Lipinski definition) is 2. The zero-order valence-electron chi connectivity index (χ0n) is 14.5. The van der Waals surface area contributed by atoms with E-state index in [4.69, 9.17) is 0 Å². The summed E-state index contributed by atoms with van der Waals surface area (Å²) in [7, 11) is 0. The monoisotopic (exact) mass is 370 g/mol. The Kier molecular flexibility index (Phi) is 5.75. The topological polar surface area (TPSA) is 91.4 Å². The first-order valence-corrected chi connectivity index (χ1v) is 8.56. The standard InChI is InChI=1S/C19H19FN4O3/c20-14-5-3-4-13(10-14)7-9-24-18(26)16(23-19(24)27)11-17(25)22-12-15-6-1-2-8-21-15/h1-6,8,10,16H,7,9,11-12H2,(H,22,25)(H,23,27)/t16-/m1/s1. The zero-order chi connectivity index (χ0) is 19.2. The zero-order valence-corrected chi connectivity index (χ0v) is 14.5. The van der Waals surface area contributed by atoms with Gasteiger partial charge < -0.3 is 10.6 Å². The van der Waals surface area contributed by atoms with Crippen molar-refractivity contribution in [2.45, 2.75) is 25.4 Å². The number of pyridine rings is 1. The van der Waals surface area contributed by atoms with E-state index in [0.29, 0.717) is 17.7 Å². The molecule has 0 unspecified atom stereocenters. The quantitative estimate of drug-likeness (QED) is 0.721. The molecular formula is C19H19FN4O3. The van der Waals surface area contributed by atoms with Crippen molar-refractivity contribution in [2.24, 2.45) is 0 Å². The second-order valence-corrected chi connectivity index (χ2v) is 6.17. The molecule has 1 atom stereocenters. The molecule has 1 aliphatic heterocycles. The number of carbonyl (C=O) groups is 3. The van der Waals surface area contributed by atoms with E-state index in [1.54, 1.807) is 30.5 Å². The van der Waals surface area contributed by atoms with Gasteiger partial charge in [-0.25, -0.2) is 9.18 Å². The number of urea groups is 1. The highest BCUT2D eigenvalue weighted by Gasteiger charge is 2.38. The first-order chi connectivity index (χ1) is 13.0. The van der Waals surface area contributed by atoms with Crippen LogP contribution in [0.5, 0.6) is 0 Å². The highest BCUT2D eigenvalue weighted by Crippen LogP contribution is 2.12. The summed E-state index contributed by atoms with van der Waals surface area (Å²) in [6, 6.07) is 9.92. The molecular weight excluding hydrogens is 351 g/mol. The molecule has 0 saturated carbocycles. The van der Waals surface area contributed by atoms with Crippen LogP contribution < -0.4 is 10.6 Å². The predicted molar refractivity (Wildman–Crippen MR) is 94.8 cm³/mol. The van der Waals surface area contributed by atoms with Gasteiger partial charge in [0.1, 0.15) is 11.9 Å². The number of carbonyl (C=O) groups excluding carboxylic acids is 3. The minimum atomic E-state index is -0.895. The van der Waals surface area contributed by atoms with Crippen molar-refractivity contribution in [3.05, 3.63) is 65.7 Å². The van der Waals surface area contributed by atoms with Gasteiger partial charge in [0.05, 0.1) is 18.7 Å². The van der Waals surface area contributed by atoms with Crippen LogP contribution >= 0.6 is 0 Å². The highest BCUT2D eigenvalue weighted by molar-refractivity contribution is 6.05. The molecule has 0 radical (unpaired) electrons. The number of nitrogens with one attached hydrogen (secondary N) is 2. The van der Waals surface area contributed by atoms with E-state index in [1.807, 2.05) is 6.07 Å². The summed E-state index contributed by atoms with van der Waals surface area (Å²) in [6.45, 7) is 0.373. The average Bonchev–Trinajstić information content (AvgIpc) is 2.92. The Morgan fingerprint density at radius 1 is 1.22 bits per heavy atom. The number of aromatic nitrogens is 1. The maximum atomic E-state index is 13.2. The van der Waals surface area contributed by atoms with Crippen molar-refractivity contribution in [3.8, 4) is 0 Å². The van der Waals surface area contributed by atoms with Gasteiger partial charge in [-0.3, -0.25) is 19.5 Å². The predicted octanol–water partition coefficient (Wildman–Crippen LogP) is 1.39. The van der Waals surface area contributed by atoms with Crippen LogP contribution in [0.3, 0.4) is 0 Å². The van der Waals surface area contributed by atoms with Gasteiger partial charge in [-0.1, -0.05) is 18.2 Å². The van der Waals surface area contributed by atoms with Gasteiger partial charge in [-0.2, -0.15) is 0 Å². The maximum Gasteiger partial charge on any atom is 0.324 e. The molecule has 3 rings (SSSR count). The summed E-state index contributed by atoms with van der Waals surface area (Å²) in [5.74, 6) is -1.18. The third-order valence-electron chi connectivity index (χ3n) is 4.20. The van der Waals surface area contributed by atoms with Crippen LogP contribution in [0.2, 0.25) is 0 Å². The molecule has 27 heavy (non-hydrogen) atoms. The molecule has 1 fully saturated rings. The number of benzene rings is 1. The van der Waals surface area contributed by atoms with Crippen LogP contribution in [0.4, 0.5) is 9.18 Å². The summed E-state index contributed by atoms with van der Waals surface area (Å²) in [5, 5.41) is 5.19. The lowest BCUT2D eigenvalue weighted by Gasteiger charge is -2.13. The van der Waals surface area contributed by atoms with Crippen LogP contribution in [0.1, 0.15) is 17.7 Å². The molecule has 0 aliphatic carbocycles. The van der Waals surface area contributed by atoms with Crippen LogP contribution in [0.25, 0.3) is 0 Å². The van der Waals surface area contributed by atoms with E-state index in [1.165, 1.54) is 12.1 Å². The van der Waals surface area contributed by atoms with E-state index in [0.717, 1.165) is 4.90 Å².